The first-order valence-corrected chi connectivity index (χ1v) is 7.40. The molecule has 2 N–H and O–H groups in total. The number of amides is 1. The molecule has 1 aliphatic rings. The first-order chi connectivity index (χ1) is 9.49. The standard InChI is InChI=1S/C14H19Cl2N3O/c1-9-3-4-11(15)14(13(9)16)18-12(20)8-19(2)10-5-6-17-7-10/h3-4,10,17H,5-8H2,1-2H3,(H,18,20). The molecule has 20 heavy (non-hydrogen) atoms. The van der Waals surface area contributed by atoms with E-state index in [1.165, 1.54) is 0 Å². The van der Waals surface area contributed by atoms with E-state index in [1.807, 2.05) is 24.9 Å². The van der Waals surface area contributed by atoms with Gasteiger partial charge >= 0.3 is 0 Å². The molecule has 1 aliphatic heterocycles. The van der Waals surface area contributed by atoms with Crippen LogP contribution in [0.4, 0.5) is 5.69 Å². The van der Waals surface area contributed by atoms with E-state index in [0.717, 1.165) is 25.1 Å². The molecule has 1 aromatic rings. The van der Waals surface area contributed by atoms with Crippen LogP contribution >= 0.6 is 23.2 Å². The Labute approximate surface area is 129 Å². The molecule has 6 heteroatoms. The summed E-state index contributed by atoms with van der Waals surface area (Å²) < 4.78 is 0. The van der Waals surface area contributed by atoms with Gasteiger partial charge in [0.25, 0.3) is 0 Å². The summed E-state index contributed by atoms with van der Waals surface area (Å²) in [6, 6.07) is 3.98. The molecular weight excluding hydrogens is 297 g/mol. The first-order valence-electron chi connectivity index (χ1n) is 6.64. The normalized spacial score (nSPS) is 18.6. The summed E-state index contributed by atoms with van der Waals surface area (Å²) in [5.74, 6) is -0.103. The Morgan fingerprint density at radius 2 is 2.25 bits per heavy atom. The highest BCUT2D eigenvalue weighted by Crippen LogP contribution is 2.32. The lowest BCUT2D eigenvalue weighted by Crippen LogP contribution is -2.39. The highest BCUT2D eigenvalue weighted by atomic mass is 35.5. The smallest absolute Gasteiger partial charge is 0.238 e. The summed E-state index contributed by atoms with van der Waals surface area (Å²) in [6.45, 7) is 4.14. The fourth-order valence-corrected chi connectivity index (χ4v) is 2.79. The molecule has 1 saturated heterocycles. The number of hydrogen-bond acceptors (Lipinski definition) is 3. The Morgan fingerprint density at radius 1 is 1.50 bits per heavy atom. The Bertz CT molecular complexity index is 501. The second kappa shape index (κ2) is 6.76. The summed E-state index contributed by atoms with van der Waals surface area (Å²) in [5.41, 5.74) is 1.39. The number of benzene rings is 1. The van der Waals surface area contributed by atoms with Gasteiger partial charge in [0.1, 0.15) is 0 Å². The van der Waals surface area contributed by atoms with Crippen LogP contribution in [0.3, 0.4) is 0 Å². The zero-order valence-corrected chi connectivity index (χ0v) is 13.2. The lowest BCUT2D eigenvalue weighted by molar-refractivity contribution is -0.117. The van der Waals surface area contributed by atoms with E-state index in [1.54, 1.807) is 6.07 Å². The summed E-state index contributed by atoms with van der Waals surface area (Å²) in [7, 11) is 1.96. The van der Waals surface area contributed by atoms with Gasteiger partial charge in [0.15, 0.2) is 0 Å². The molecule has 1 atom stereocenters. The van der Waals surface area contributed by atoms with Crippen molar-refractivity contribution in [1.29, 1.82) is 0 Å². The van der Waals surface area contributed by atoms with Crippen molar-refractivity contribution in [1.82, 2.24) is 10.2 Å². The number of halogens is 2. The van der Waals surface area contributed by atoms with E-state index in [0.29, 0.717) is 28.3 Å². The third-order valence-electron chi connectivity index (χ3n) is 3.60. The van der Waals surface area contributed by atoms with Gasteiger partial charge in [-0.05, 0) is 38.6 Å². The van der Waals surface area contributed by atoms with E-state index in [-0.39, 0.29) is 5.91 Å². The van der Waals surface area contributed by atoms with Crippen LogP contribution in [0, 0.1) is 6.92 Å². The Kier molecular flexibility index (Phi) is 5.27. The Morgan fingerprint density at radius 3 is 2.90 bits per heavy atom. The average molecular weight is 316 g/mol. The molecule has 1 fully saturated rings. The van der Waals surface area contributed by atoms with Crippen molar-refractivity contribution < 1.29 is 4.79 Å². The predicted molar refractivity (Wildman–Crippen MR) is 83.7 cm³/mol. The topological polar surface area (TPSA) is 44.4 Å². The molecule has 0 bridgehead atoms. The monoisotopic (exact) mass is 315 g/mol. The van der Waals surface area contributed by atoms with Crippen LogP contribution in [0.5, 0.6) is 0 Å². The van der Waals surface area contributed by atoms with Gasteiger partial charge in [-0.2, -0.15) is 0 Å². The van der Waals surface area contributed by atoms with Gasteiger partial charge in [0.2, 0.25) is 5.91 Å². The van der Waals surface area contributed by atoms with Crippen LogP contribution in [-0.2, 0) is 4.79 Å². The van der Waals surface area contributed by atoms with Crippen LogP contribution < -0.4 is 10.6 Å². The van der Waals surface area contributed by atoms with Crippen LogP contribution in [0.1, 0.15) is 12.0 Å². The number of nitrogens with zero attached hydrogens (tertiary/aromatic N) is 1. The quantitative estimate of drug-likeness (QED) is 0.897. The van der Waals surface area contributed by atoms with Crippen LogP contribution in [0.25, 0.3) is 0 Å². The number of rotatable bonds is 4. The number of anilines is 1. The summed E-state index contributed by atoms with van der Waals surface area (Å²) in [5, 5.41) is 7.05. The van der Waals surface area contributed by atoms with Gasteiger partial charge in [-0.3, -0.25) is 9.69 Å². The summed E-state index contributed by atoms with van der Waals surface area (Å²) >= 11 is 12.3. The number of nitrogens with one attached hydrogen (secondary N) is 2. The molecule has 0 aromatic heterocycles. The van der Waals surface area contributed by atoms with Crippen LogP contribution in [0.2, 0.25) is 10.0 Å². The fourth-order valence-electron chi connectivity index (χ4n) is 2.32. The maximum absolute atomic E-state index is 12.1. The van der Waals surface area contributed by atoms with Gasteiger partial charge in [-0.15, -0.1) is 0 Å². The van der Waals surface area contributed by atoms with Crippen molar-refractivity contribution in [2.24, 2.45) is 0 Å². The fraction of sp³-hybridized carbons (Fsp3) is 0.500. The van der Waals surface area contributed by atoms with Gasteiger partial charge in [0, 0.05) is 12.6 Å². The maximum atomic E-state index is 12.1. The predicted octanol–water partition coefficient (Wildman–Crippen LogP) is 2.53. The number of aryl methyl sites for hydroxylation is 1. The molecule has 0 radical (unpaired) electrons. The molecular formula is C14H19Cl2N3O. The van der Waals surface area contributed by atoms with Crippen molar-refractivity contribution in [3.05, 3.63) is 27.7 Å². The number of hydrogen-bond donors (Lipinski definition) is 2. The lowest BCUT2D eigenvalue weighted by Gasteiger charge is -2.23. The number of carbonyl (C=O) groups excluding carboxylic acids is 1. The number of likely N-dealkylation sites (N-methyl/N-ethyl adjacent to an activating group) is 1. The van der Waals surface area contributed by atoms with Gasteiger partial charge < -0.3 is 10.6 Å². The van der Waals surface area contributed by atoms with E-state index in [4.69, 9.17) is 23.2 Å². The third-order valence-corrected chi connectivity index (χ3v) is 4.40. The second-order valence-electron chi connectivity index (χ2n) is 5.16. The zero-order chi connectivity index (χ0) is 14.7. The first kappa shape index (κ1) is 15.6. The van der Waals surface area contributed by atoms with Gasteiger partial charge in [-0.1, -0.05) is 29.3 Å². The molecule has 2 rings (SSSR count). The summed E-state index contributed by atoms with van der Waals surface area (Å²) in [6.07, 6.45) is 1.07. The molecule has 1 heterocycles. The molecule has 0 aliphatic carbocycles. The van der Waals surface area contributed by atoms with Crippen molar-refractivity contribution in [3.63, 3.8) is 0 Å². The molecule has 4 nitrogen and oxygen atoms in total. The maximum Gasteiger partial charge on any atom is 0.238 e. The van der Waals surface area contributed by atoms with Gasteiger partial charge in [0.05, 0.1) is 22.3 Å². The minimum Gasteiger partial charge on any atom is -0.322 e. The SMILES string of the molecule is Cc1ccc(Cl)c(NC(=O)CN(C)C2CCNC2)c1Cl. The second-order valence-corrected chi connectivity index (χ2v) is 5.95. The third kappa shape index (κ3) is 3.64. The van der Waals surface area contributed by atoms with Crippen LogP contribution in [-0.4, -0.2) is 43.5 Å². The van der Waals surface area contributed by atoms with E-state index < -0.39 is 0 Å². The van der Waals surface area contributed by atoms with Crippen molar-refractivity contribution in [2.45, 2.75) is 19.4 Å². The lowest BCUT2D eigenvalue weighted by atomic mass is 10.2. The zero-order valence-electron chi connectivity index (χ0n) is 11.7. The highest BCUT2D eigenvalue weighted by molar-refractivity contribution is 6.40. The average Bonchev–Trinajstić information content (AvgIpc) is 2.93. The highest BCUT2D eigenvalue weighted by Gasteiger charge is 2.21. The molecule has 0 spiro atoms. The molecule has 0 saturated carbocycles. The summed E-state index contributed by atoms with van der Waals surface area (Å²) in [4.78, 5) is 14.2. The van der Waals surface area contributed by atoms with Crippen LogP contribution in [0.15, 0.2) is 12.1 Å². The van der Waals surface area contributed by atoms with Crippen molar-refractivity contribution in [2.75, 3.05) is 32.0 Å². The minimum atomic E-state index is -0.103. The van der Waals surface area contributed by atoms with Crippen molar-refractivity contribution in [3.8, 4) is 0 Å². The number of carbonyl (C=O) groups is 1. The largest absolute Gasteiger partial charge is 0.322 e. The molecule has 1 aromatic carbocycles. The Hall–Kier alpha value is -0.810. The van der Waals surface area contributed by atoms with E-state index in [9.17, 15) is 4.79 Å². The molecule has 1 unspecified atom stereocenters. The Balaban J connectivity index is 1.99. The molecule has 1 amide bonds. The van der Waals surface area contributed by atoms with Gasteiger partial charge in [-0.25, -0.2) is 0 Å². The van der Waals surface area contributed by atoms with Crippen molar-refractivity contribution >= 4 is 34.8 Å². The minimum absolute atomic E-state index is 0.103. The van der Waals surface area contributed by atoms with E-state index >= 15 is 0 Å². The van der Waals surface area contributed by atoms with E-state index in [2.05, 4.69) is 10.6 Å². The molecule has 110 valence electrons.